The first-order chi connectivity index (χ1) is 20.5. The Kier molecular flexibility index (Phi) is 8.61. The van der Waals surface area contributed by atoms with Crippen LogP contribution in [0.15, 0.2) is 42.5 Å². The summed E-state index contributed by atoms with van der Waals surface area (Å²) in [7, 11) is 4.46. The molecule has 0 unspecified atom stereocenters. The number of likely N-dealkylation sites (tertiary alicyclic amines) is 1. The van der Waals surface area contributed by atoms with E-state index in [1.165, 1.54) is 41.8 Å². The minimum absolute atomic E-state index is 0.0549. The van der Waals surface area contributed by atoms with Crippen molar-refractivity contribution >= 4 is 40.6 Å². The zero-order chi connectivity index (χ0) is 31.0. The summed E-state index contributed by atoms with van der Waals surface area (Å²) in [4.78, 5) is 33.1. The molecular weight excluding hydrogens is 587 g/mol. The second kappa shape index (κ2) is 12.2. The number of methoxy groups -OCH3 is 2. The first-order valence-electron chi connectivity index (χ1n) is 13.5. The van der Waals surface area contributed by atoms with E-state index in [-0.39, 0.29) is 65.1 Å². The van der Waals surface area contributed by atoms with Gasteiger partial charge in [0.1, 0.15) is 28.3 Å². The molecule has 5 rings (SSSR count). The molecule has 0 spiro atoms. The average molecular weight is 616 g/mol. The minimum Gasteiger partial charge on any atom is -0.469 e. The summed E-state index contributed by atoms with van der Waals surface area (Å²) in [5.74, 6) is -3.01. The molecule has 0 radical (unpaired) electrons. The molecule has 1 fully saturated rings. The molecule has 2 atom stereocenters. The second-order valence-corrected chi connectivity index (χ2v) is 10.7. The van der Waals surface area contributed by atoms with Crippen LogP contribution >= 0.6 is 11.6 Å². The van der Waals surface area contributed by atoms with Crippen molar-refractivity contribution in [3.63, 3.8) is 0 Å². The smallest absolute Gasteiger partial charge is 0.305 e. The number of para-hydroxylation sites is 1. The van der Waals surface area contributed by atoms with Gasteiger partial charge in [-0.3, -0.25) is 9.59 Å². The maximum Gasteiger partial charge on any atom is 0.305 e. The van der Waals surface area contributed by atoms with Gasteiger partial charge >= 0.3 is 5.97 Å². The van der Waals surface area contributed by atoms with Crippen LogP contribution < -0.4 is 4.90 Å². The van der Waals surface area contributed by atoms with Gasteiger partial charge in [-0.2, -0.15) is 9.61 Å². The Morgan fingerprint density at radius 3 is 2.47 bits per heavy atom. The van der Waals surface area contributed by atoms with Gasteiger partial charge in [-0.05, 0) is 43.0 Å². The average Bonchev–Trinajstić information content (AvgIpc) is 3.43. The highest BCUT2D eigenvalue weighted by Crippen LogP contribution is 2.34. The molecule has 2 aromatic heterocycles. The molecule has 1 aliphatic heterocycles. The van der Waals surface area contributed by atoms with Crippen LogP contribution in [0.3, 0.4) is 0 Å². The lowest BCUT2D eigenvalue weighted by atomic mass is 9.90. The fourth-order valence-corrected chi connectivity index (χ4v) is 5.53. The summed E-state index contributed by atoms with van der Waals surface area (Å²) in [6.07, 6.45) is 0.303. The Morgan fingerprint density at radius 1 is 1.09 bits per heavy atom. The van der Waals surface area contributed by atoms with Crippen LogP contribution in [0.25, 0.3) is 16.9 Å². The molecule has 9 nitrogen and oxygen atoms in total. The Hall–Kier alpha value is -4.16. The summed E-state index contributed by atoms with van der Waals surface area (Å²) < 4.78 is 55.6. The third-order valence-electron chi connectivity index (χ3n) is 7.72. The van der Waals surface area contributed by atoms with Gasteiger partial charge in [0, 0.05) is 44.9 Å². The SMILES string of the molecule is COC(=O)C[C@@H]1CCN(C(=O)c2cc3nc(-c4cc(F)c(Cl)c(F)c4)cc(N(C)c4c(C)cccc4F)n3n2)C[C@@H]1OC. The number of carbonyl (C=O) groups excluding carboxylic acids is 2. The molecule has 13 heteroatoms. The number of ether oxygens (including phenoxy) is 2. The van der Waals surface area contributed by atoms with E-state index < -0.39 is 28.4 Å². The van der Waals surface area contributed by atoms with Crippen molar-refractivity contribution < 1.29 is 32.2 Å². The number of amides is 1. The quantitative estimate of drug-likeness (QED) is 0.198. The van der Waals surface area contributed by atoms with E-state index in [4.69, 9.17) is 21.1 Å². The summed E-state index contributed by atoms with van der Waals surface area (Å²) >= 11 is 5.69. The van der Waals surface area contributed by atoms with Gasteiger partial charge in [-0.1, -0.05) is 23.7 Å². The fourth-order valence-electron chi connectivity index (χ4n) is 5.43. The summed E-state index contributed by atoms with van der Waals surface area (Å²) in [6, 6.07) is 9.70. The number of anilines is 2. The van der Waals surface area contributed by atoms with E-state index >= 15 is 4.39 Å². The number of nitrogens with zero attached hydrogens (tertiary/aromatic N) is 5. The second-order valence-electron chi connectivity index (χ2n) is 10.4. The summed E-state index contributed by atoms with van der Waals surface area (Å²) in [5.41, 5.74) is 1.36. The highest BCUT2D eigenvalue weighted by atomic mass is 35.5. The Morgan fingerprint density at radius 2 is 1.81 bits per heavy atom. The maximum absolute atomic E-state index is 15.0. The predicted octanol–water partition coefficient (Wildman–Crippen LogP) is 5.58. The van der Waals surface area contributed by atoms with E-state index in [1.54, 1.807) is 31.0 Å². The number of fused-ring (bicyclic) bond motifs is 1. The van der Waals surface area contributed by atoms with E-state index in [2.05, 4.69) is 10.1 Å². The molecule has 1 aliphatic rings. The Labute approximate surface area is 250 Å². The Bertz CT molecular complexity index is 1670. The molecule has 0 aliphatic carbocycles. The number of carbonyl (C=O) groups is 2. The van der Waals surface area contributed by atoms with Crippen molar-refractivity contribution in [3.8, 4) is 11.3 Å². The lowest BCUT2D eigenvalue weighted by Crippen LogP contribution is -2.48. The van der Waals surface area contributed by atoms with Crippen molar-refractivity contribution in [1.82, 2.24) is 19.5 Å². The zero-order valence-corrected chi connectivity index (χ0v) is 24.7. The number of halogens is 4. The van der Waals surface area contributed by atoms with Gasteiger partial charge in [-0.25, -0.2) is 18.2 Å². The molecule has 3 heterocycles. The number of hydrogen-bond acceptors (Lipinski definition) is 7. The molecule has 226 valence electrons. The standard InChI is InChI=1S/C30H29ClF3N5O4/c1-16-6-5-7-19(32)29(16)37(2)26-14-22(18-10-20(33)28(31)21(34)11-18)35-25-13-23(36-39(25)26)30(41)38-9-8-17(12-27(40)43-4)24(15-38)42-3/h5-7,10-11,13-14,17,24H,8-9,12,15H2,1-4H3/t17-,24-/m0/s1. The fraction of sp³-hybridized carbons (Fsp3) is 0.333. The van der Waals surface area contributed by atoms with Crippen molar-refractivity contribution in [3.05, 3.63) is 76.2 Å². The molecule has 0 bridgehead atoms. The van der Waals surface area contributed by atoms with Gasteiger partial charge in [0.05, 0.1) is 31.0 Å². The number of rotatable bonds is 7. The molecule has 4 aromatic rings. The van der Waals surface area contributed by atoms with E-state index in [0.717, 1.165) is 12.1 Å². The van der Waals surface area contributed by atoms with Crippen molar-refractivity contribution in [2.75, 3.05) is 39.3 Å². The van der Waals surface area contributed by atoms with Crippen LogP contribution in [0, 0.1) is 30.3 Å². The molecule has 1 saturated heterocycles. The number of aromatic nitrogens is 3. The van der Waals surface area contributed by atoms with Crippen LogP contribution in [0.2, 0.25) is 5.02 Å². The minimum atomic E-state index is -0.967. The highest BCUT2D eigenvalue weighted by Gasteiger charge is 2.34. The number of aryl methyl sites for hydroxylation is 1. The van der Waals surface area contributed by atoms with E-state index in [0.29, 0.717) is 18.5 Å². The van der Waals surface area contributed by atoms with Crippen LogP contribution in [0.5, 0.6) is 0 Å². The first-order valence-corrected chi connectivity index (χ1v) is 13.8. The van der Waals surface area contributed by atoms with Crippen molar-refractivity contribution in [1.29, 1.82) is 0 Å². The van der Waals surface area contributed by atoms with Gasteiger partial charge in [0.15, 0.2) is 11.3 Å². The van der Waals surface area contributed by atoms with Crippen LogP contribution in [0.4, 0.5) is 24.7 Å². The lowest BCUT2D eigenvalue weighted by Gasteiger charge is -2.37. The van der Waals surface area contributed by atoms with Crippen LogP contribution in [-0.2, 0) is 14.3 Å². The van der Waals surface area contributed by atoms with Crippen LogP contribution in [-0.4, -0.2) is 71.8 Å². The third kappa shape index (κ3) is 5.89. The first kappa shape index (κ1) is 30.3. The van der Waals surface area contributed by atoms with Gasteiger partial charge < -0.3 is 19.3 Å². The van der Waals surface area contributed by atoms with Crippen molar-refractivity contribution in [2.45, 2.75) is 25.9 Å². The molecule has 2 aromatic carbocycles. The van der Waals surface area contributed by atoms with Crippen LogP contribution in [0.1, 0.15) is 28.9 Å². The van der Waals surface area contributed by atoms with E-state index in [1.807, 2.05) is 0 Å². The zero-order valence-electron chi connectivity index (χ0n) is 23.9. The molecule has 0 N–H and O–H groups in total. The summed E-state index contributed by atoms with van der Waals surface area (Å²) in [5, 5.41) is 3.88. The monoisotopic (exact) mass is 615 g/mol. The number of hydrogen-bond donors (Lipinski definition) is 0. The molecule has 0 saturated carbocycles. The number of benzene rings is 2. The molecule has 43 heavy (non-hydrogen) atoms. The summed E-state index contributed by atoms with van der Waals surface area (Å²) in [6.45, 7) is 2.33. The van der Waals surface area contributed by atoms with E-state index in [9.17, 15) is 18.4 Å². The topological polar surface area (TPSA) is 89.3 Å². The maximum atomic E-state index is 15.0. The molecular formula is C30H29ClF3N5O4. The van der Waals surface area contributed by atoms with Gasteiger partial charge in [0.25, 0.3) is 5.91 Å². The lowest BCUT2D eigenvalue weighted by molar-refractivity contribution is -0.143. The van der Waals surface area contributed by atoms with Gasteiger partial charge in [-0.15, -0.1) is 0 Å². The largest absolute Gasteiger partial charge is 0.469 e. The normalized spacial score (nSPS) is 16.9. The van der Waals surface area contributed by atoms with Gasteiger partial charge in [0.2, 0.25) is 0 Å². The highest BCUT2D eigenvalue weighted by molar-refractivity contribution is 6.31. The predicted molar refractivity (Wildman–Crippen MR) is 154 cm³/mol. The molecule has 1 amide bonds. The number of piperidine rings is 1. The number of esters is 1. The Balaban J connectivity index is 1.57. The third-order valence-corrected chi connectivity index (χ3v) is 8.08. The van der Waals surface area contributed by atoms with Crippen molar-refractivity contribution in [2.24, 2.45) is 5.92 Å².